The molecule has 2 amide bonds. The molecule has 0 bridgehead atoms. The minimum Gasteiger partial charge on any atom is -0.374 e. The smallest absolute Gasteiger partial charge is 0.374 e. The average molecular weight is 647 g/mol. The molecule has 3 rings (SSSR count). The number of hydrogen-bond donors (Lipinski definition) is 2. The third-order valence-electron chi connectivity index (χ3n) is 5.14. The first-order valence-corrected chi connectivity index (χ1v) is 12.0. The van der Waals surface area contributed by atoms with Crippen LogP contribution in [0.2, 0.25) is 10.0 Å². The number of hydrogen-bond acceptors (Lipinski definition) is 4. The molecule has 1 unspecified atom stereocenters. The molecule has 0 saturated carbocycles. The first kappa shape index (κ1) is 29.8. The van der Waals surface area contributed by atoms with Crippen molar-refractivity contribution >= 4 is 62.7 Å². The van der Waals surface area contributed by atoms with Crippen molar-refractivity contribution in [3.8, 4) is 0 Å². The Morgan fingerprint density at radius 2 is 1.68 bits per heavy atom. The molecule has 1 aliphatic rings. The summed E-state index contributed by atoms with van der Waals surface area (Å²) in [5.41, 5.74) is -2.58. The summed E-state index contributed by atoms with van der Waals surface area (Å²) in [5, 5.41) is 7.40. The van der Waals surface area contributed by atoms with Crippen LogP contribution in [0.3, 0.4) is 0 Å². The highest BCUT2D eigenvalue weighted by atomic mass is 79.9. The Hall–Kier alpha value is -2.77. The second-order valence-electron chi connectivity index (χ2n) is 7.98. The van der Waals surface area contributed by atoms with Crippen LogP contribution in [0.5, 0.6) is 0 Å². The topological polar surface area (TPSA) is 79.8 Å². The van der Waals surface area contributed by atoms with Gasteiger partial charge in [-0.15, -0.1) is 0 Å². The molecular formula is C23H16BrCl2F6N3O3. The number of nitrogens with zero attached hydrogens (tertiary/aromatic N) is 1. The predicted molar refractivity (Wildman–Crippen MR) is 132 cm³/mol. The number of rotatable bonds is 7. The summed E-state index contributed by atoms with van der Waals surface area (Å²) in [7, 11) is 0. The standard InChI is InChI=1S/C23H16BrCl2F6N3O3/c24-18-5-12(2-4-17(18)20(37)33-10-19(36)34-11-22(27,28)29)1-3-16-9-21(38-35-16,23(30,31)32)13-6-14(25)8-15(26)7-13/h1-8H,9-11H2,(H,33,37)(H,34,36)/b3-1+. The molecule has 0 saturated heterocycles. The molecule has 1 heterocycles. The molecule has 204 valence electrons. The molecule has 2 N–H and O–H groups in total. The van der Waals surface area contributed by atoms with E-state index in [0.29, 0.717) is 5.56 Å². The number of amides is 2. The first-order chi connectivity index (χ1) is 17.6. The summed E-state index contributed by atoms with van der Waals surface area (Å²) in [5.74, 6) is -1.76. The van der Waals surface area contributed by atoms with Crippen molar-refractivity contribution in [3.63, 3.8) is 0 Å². The van der Waals surface area contributed by atoms with Crippen molar-refractivity contribution in [3.05, 3.63) is 73.7 Å². The van der Waals surface area contributed by atoms with Crippen LogP contribution in [0.25, 0.3) is 6.08 Å². The molecule has 2 aromatic carbocycles. The van der Waals surface area contributed by atoms with Gasteiger partial charge in [-0.3, -0.25) is 9.59 Å². The van der Waals surface area contributed by atoms with Crippen molar-refractivity contribution in [2.45, 2.75) is 24.4 Å². The van der Waals surface area contributed by atoms with Gasteiger partial charge in [-0.1, -0.05) is 40.5 Å². The number of carbonyl (C=O) groups excluding carboxylic acids is 2. The maximum atomic E-state index is 14.1. The van der Waals surface area contributed by atoms with E-state index >= 15 is 0 Å². The number of oxime groups is 1. The molecule has 38 heavy (non-hydrogen) atoms. The van der Waals surface area contributed by atoms with E-state index in [0.717, 1.165) is 12.1 Å². The lowest BCUT2D eigenvalue weighted by molar-refractivity contribution is -0.275. The van der Waals surface area contributed by atoms with Gasteiger partial charge in [0.25, 0.3) is 11.5 Å². The minimum atomic E-state index is -4.85. The van der Waals surface area contributed by atoms with E-state index in [9.17, 15) is 35.9 Å². The second-order valence-corrected chi connectivity index (χ2v) is 9.71. The highest BCUT2D eigenvalue weighted by Crippen LogP contribution is 2.49. The molecule has 0 radical (unpaired) electrons. The Bertz CT molecular complexity index is 1280. The largest absolute Gasteiger partial charge is 0.435 e. The molecule has 1 atom stereocenters. The van der Waals surface area contributed by atoms with Crippen molar-refractivity contribution in [1.82, 2.24) is 10.6 Å². The molecule has 6 nitrogen and oxygen atoms in total. The zero-order chi connectivity index (χ0) is 28.3. The van der Waals surface area contributed by atoms with Gasteiger partial charge in [0, 0.05) is 26.5 Å². The predicted octanol–water partition coefficient (Wildman–Crippen LogP) is 6.41. The molecule has 0 aromatic heterocycles. The molecule has 15 heteroatoms. The molecule has 0 spiro atoms. The van der Waals surface area contributed by atoms with Gasteiger partial charge in [-0.2, -0.15) is 26.3 Å². The third-order valence-corrected chi connectivity index (χ3v) is 6.23. The van der Waals surface area contributed by atoms with E-state index in [1.807, 2.05) is 0 Å². The number of allylic oxidation sites excluding steroid dienone is 1. The number of nitrogens with one attached hydrogen (secondary N) is 2. The lowest BCUT2D eigenvalue weighted by Gasteiger charge is -2.29. The van der Waals surface area contributed by atoms with Gasteiger partial charge in [-0.25, -0.2) is 0 Å². The number of alkyl halides is 6. The van der Waals surface area contributed by atoms with E-state index in [1.54, 1.807) is 5.32 Å². The third kappa shape index (κ3) is 7.41. The van der Waals surface area contributed by atoms with Crippen LogP contribution in [0.1, 0.15) is 27.9 Å². The molecule has 0 aliphatic carbocycles. The van der Waals surface area contributed by atoms with Crippen molar-refractivity contribution in [2.24, 2.45) is 5.16 Å². The van der Waals surface area contributed by atoms with Crippen LogP contribution in [0.15, 0.2) is 52.1 Å². The van der Waals surface area contributed by atoms with E-state index < -0.39 is 49.3 Å². The van der Waals surface area contributed by atoms with E-state index in [1.165, 1.54) is 36.4 Å². The molecule has 1 aliphatic heterocycles. The Balaban J connectivity index is 1.67. The van der Waals surface area contributed by atoms with Gasteiger partial charge in [0.1, 0.15) is 6.54 Å². The summed E-state index contributed by atoms with van der Waals surface area (Å²) in [6, 6.07) is 7.78. The summed E-state index contributed by atoms with van der Waals surface area (Å²) in [4.78, 5) is 28.6. The van der Waals surface area contributed by atoms with Crippen LogP contribution in [-0.4, -0.2) is 43.0 Å². The minimum absolute atomic E-state index is 0.000342. The molecule has 2 aromatic rings. The fourth-order valence-electron chi connectivity index (χ4n) is 3.33. The van der Waals surface area contributed by atoms with Crippen molar-refractivity contribution < 1.29 is 40.8 Å². The lowest BCUT2D eigenvalue weighted by atomic mass is 9.88. The first-order valence-electron chi connectivity index (χ1n) is 10.5. The Morgan fingerprint density at radius 3 is 2.26 bits per heavy atom. The zero-order valence-electron chi connectivity index (χ0n) is 18.8. The van der Waals surface area contributed by atoms with Gasteiger partial charge in [-0.05, 0) is 57.9 Å². The monoisotopic (exact) mass is 645 g/mol. The van der Waals surface area contributed by atoms with E-state index in [4.69, 9.17) is 28.0 Å². The van der Waals surface area contributed by atoms with Gasteiger partial charge in [0.15, 0.2) is 0 Å². The zero-order valence-corrected chi connectivity index (χ0v) is 21.9. The highest BCUT2D eigenvalue weighted by Gasteiger charge is 2.62. The van der Waals surface area contributed by atoms with E-state index in [-0.39, 0.29) is 31.4 Å². The van der Waals surface area contributed by atoms with Gasteiger partial charge in [0.2, 0.25) is 5.91 Å². The van der Waals surface area contributed by atoms with Gasteiger partial charge >= 0.3 is 12.4 Å². The summed E-state index contributed by atoms with van der Waals surface area (Å²) >= 11 is 14.9. The van der Waals surface area contributed by atoms with Crippen molar-refractivity contribution in [2.75, 3.05) is 13.1 Å². The quantitative estimate of drug-likeness (QED) is 0.341. The number of carbonyl (C=O) groups is 2. The SMILES string of the molecule is O=C(CNC(=O)c1ccc(/C=C/C2=NOC(c3cc(Cl)cc(Cl)c3)(C(F)(F)F)C2)cc1Br)NCC(F)(F)F. The fourth-order valence-corrected chi connectivity index (χ4v) is 4.43. The van der Waals surface area contributed by atoms with Crippen LogP contribution in [0.4, 0.5) is 26.3 Å². The maximum absolute atomic E-state index is 14.1. The lowest BCUT2D eigenvalue weighted by Crippen LogP contribution is -2.42. The van der Waals surface area contributed by atoms with Crippen LogP contribution in [0, 0.1) is 0 Å². The fraction of sp³-hybridized carbons (Fsp3) is 0.261. The van der Waals surface area contributed by atoms with Gasteiger partial charge < -0.3 is 15.5 Å². The number of benzene rings is 2. The average Bonchev–Trinajstić information content (AvgIpc) is 3.25. The van der Waals surface area contributed by atoms with Crippen LogP contribution in [-0.2, 0) is 15.2 Å². The van der Waals surface area contributed by atoms with Crippen molar-refractivity contribution in [1.29, 1.82) is 0 Å². The van der Waals surface area contributed by atoms with Crippen LogP contribution < -0.4 is 10.6 Å². The Labute approximate surface area is 230 Å². The highest BCUT2D eigenvalue weighted by molar-refractivity contribution is 9.10. The Morgan fingerprint density at radius 1 is 1.03 bits per heavy atom. The molecule has 0 fully saturated rings. The van der Waals surface area contributed by atoms with Crippen LogP contribution >= 0.6 is 39.1 Å². The van der Waals surface area contributed by atoms with Gasteiger partial charge in [0.05, 0.1) is 17.8 Å². The Kier molecular flexibility index (Phi) is 9.04. The van der Waals surface area contributed by atoms with E-state index in [2.05, 4.69) is 26.4 Å². The second kappa shape index (κ2) is 11.5. The normalized spacial score (nSPS) is 17.8. The summed E-state index contributed by atoms with van der Waals surface area (Å²) in [6.07, 6.45) is -7.33. The maximum Gasteiger partial charge on any atom is 0.435 e. The summed E-state index contributed by atoms with van der Waals surface area (Å²) < 4.78 is 78.8. The molecular weight excluding hydrogens is 631 g/mol. The summed E-state index contributed by atoms with van der Waals surface area (Å²) in [6.45, 7) is -2.21. The number of halogens is 9.